The van der Waals surface area contributed by atoms with E-state index in [2.05, 4.69) is 5.32 Å². The van der Waals surface area contributed by atoms with Crippen LogP contribution in [0.2, 0.25) is 0 Å². The number of benzene rings is 1. The van der Waals surface area contributed by atoms with Gasteiger partial charge in [-0.25, -0.2) is 4.39 Å². The Balaban J connectivity index is 2.25. The largest absolute Gasteiger partial charge is 0.496 e. The van der Waals surface area contributed by atoms with Crippen molar-refractivity contribution in [1.82, 2.24) is 5.32 Å². The zero-order chi connectivity index (χ0) is 13.8. The minimum atomic E-state index is -0.442. The first-order valence-corrected chi connectivity index (χ1v) is 6.36. The summed E-state index contributed by atoms with van der Waals surface area (Å²) in [5.41, 5.74) is 0.279. The molecule has 1 fully saturated rings. The van der Waals surface area contributed by atoms with E-state index in [1.165, 1.54) is 25.3 Å². The van der Waals surface area contributed by atoms with Crippen molar-refractivity contribution in [3.63, 3.8) is 0 Å². The zero-order valence-electron chi connectivity index (χ0n) is 11.1. The van der Waals surface area contributed by atoms with Gasteiger partial charge in [-0.15, -0.1) is 0 Å². The molecule has 0 radical (unpaired) electrons. The molecule has 1 aliphatic rings. The Morgan fingerprint density at radius 3 is 3.00 bits per heavy atom. The van der Waals surface area contributed by atoms with E-state index in [4.69, 9.17) is 9.47 Å². The molecule has 0 amide bonds. The van der Waals surface area contributed by atoms with Crippen molar-refractivity contribution in [3.05, 3.63) is 29.6 Å². The molecule has 0 aromatic heterocycles. The topological polar surface area (TPSA) is 47.6 Å². The Kier molecular flexibility index (Phi) is 4.50. The predicted molar refractivity (Wildman–Crippen MR) is 69.1 cm³/mol. The van der Waals surface area contributed by atoms with Crippen LogP contribution in [-0.4, -0.2) is 38.7 Å². The lowest BCUT2D eigenvalue weighted by Gasteiger charge is -2.18. The number of hydrogen-bond donors (Lipinski definition) is 1. The highest BCUT2D eigenvalue weighted by molar-refractivity contribution is 6.01. The van der Waals surface area contributed by atoms with E-state index < -0.39 is 5.82 Å². The molecule has 0 saturated carbocycles. The summed E-state index contributed by atoms with van der Waals surface area (Å²) in [6.07, 6.45) is 0. The lowest BCUT2D eigenvalue weighted by atomic mass is 9.92. The second-order valence-corrected chi connectivity index (χ2v) is 4.52. The van der Waals surface area contributed by atoms with Gasteiger partial charge < -0.3 is 14.8 Å². The summed E-state index contributed by atoms with van der Waals surface area (Å²) in [5.74, 6) is -0.480. The molecular weight excluding hydrogens is 249 g/mol. The number of carbonyl (C=O) groups excluding carboxylic acids is 1. The van der Waals surface area contributed by atoms with Crippen molar-refractivity contribution in [1.29, 1.82) is 0 Å². The molecule has 4 nitrogen and oxygen atoms in total. The Morgan fingerprint density at radius 2 is 2.32 bits per heavy atom. The number of ketones is 1. The first kappa shape index (κ1) is 14.0. The van der Waals surface area contributed by atoms with Crippen LogP contribution < -0.4 is 10.1 Å². The Bertz CT molecular complexity index is 464. The van der Waals surface area contributed by atoms with Crippen LogP contribution in [0.4, 0.5) is 4.39 Å². The Labute approximate surface area is 111 Å². The second-order valence-electron chi connectivity index (χ2n) is 4.52. The lowest BCUT2D eigenvalue weighted by Crippen LogP contribution is -2.39. The molecule has 2 unspecified atom stereocenters. The standard InChI is InChI=1S/C14H18FNO3/c1-3-16-12-8-19-7-11(12)14(17)10-6-9(15)4-5-13(10)18-2/h4-6,11-12,16H,3,7-8H2,1-2H3. The van der Waals surface area contributed by atoms with Crippen molar-refractivity contribution < 1.29 is 18.7 Å². The summed E-state index contributed by atoms with van der Waals surface area (Å²) in [6, 6.07) is 3.96. The van der Waals surface area contributed by atoms with Gasteiger partial charge in [0.15, 0.2) is 5.78 Å². The van der Waals surface area contributed by atoms with Gasteiger partial charge in [0, 0.05) is 6.04 Å². The molecule has 5 heteroatoms. The summed E-state index contributed by atoms with van der Waals surface area (Å²) >= 11 is 0. The highest BCUT2D eigenvalue weighted by atomic mass is 19.1. The summed E-state index contributed by atoms with van der Waals surface area (Å²) in [6.45, 7) is 3.60. The molecule has 1 saturated heterocycles. The van der Waals surface area contributed by atoms with Gasteiger partial charge in [0.25, 0.3) is 0 Å². The Hall–Kier alpha value is -1.46. The molecule has 2 atom stereocenters. The van der Waals surface area contributed by atoms with Crippen LogP contribution in [0.15, 0.2) is 18.2 Å². The third-order valence-corrected chi connectivity index (χ3v) is 3.31. The van der Waals surface area contributed by atoms with Gasteiger partial charge in [-0.3, -0.25) is 4.79 Å². The molecule has 2 rings (SSSR count). The lowest BCUT2D eigenvalue weighted by molar-refractivity contribution is 0.0888. The summed E-state index contributed by atoms with van der Waals surface area (Å²) < 4.78 is 23.8. The maximum atomic E-state index is 13.3. The SMILES string of the molecule is CCNC1COCC1C(=O)c1cc(F)ccc1OC. The van der Waals surface area contributed by atoms with Crippen LogP contribution in [0.3, 0.4) is 0 Å². The van der Waals surface area contributed by atoms with E-state index in [0.717, 1.165) is 6.54 Å². The molecule has 1 aromatic carbocycles. The van der Waals surface area contributed by atoms with Crippen LogP contribution in [0.5, 0.6) is 5.75 Å². The van der Waals surface area contributed by atoms with Crippen molar-refractivity contribution in [2.24, 2.45) is 5.92 Å². The molecule has 1 heterocycles. The molecule has 19 heavy (non-hydrogen) atoms. The molecule has 1 aliphatic heterocycles. The average molecular weight is 267 g/mol. The van der Waals surface area contributed by atoms with Gasteiger partial charge in [0.1, 0.15) is 11.6 Å². The maximum Gasteiger partial charge on any atom is 0.173 e. The number of likely N-dealkylation sites (N-methyl/N-ethyl adjacent to an activating group) is 1. The Morgan fingerprint density at radius 1 is 1.53 bits per heavy atom. The van der Waals surface area contributed by atoms with Gasteiger partial charge in [0.2, 0.25) is 0 Å². The van der Waals surface area contributed by atoms with Crippen molar-refractivity contribution in [3.8, 4) is 5.75 Å². The number of rotatable bonds is 5. The number of methoxy groups -OCH3 is 1. The van der Waals surface area contributed by atoms with E-state index >= 15 is 0 Å². The van der Waals surface area contributed by atoms with Gasteiger partial charge in [0.05, 0.1) is 31.8 Å². The quantitative estimate of drug-likeness (QED) is 0.824. The van der Waals surface area contributed by atoms with Crippen LogP contribution in [0.1, 0.15) is 17.3 Å². The maximum absolute atomic E-state index is 13.3. The second kappa shape index (κ2) is 6.12. The third kappa shape index (κ3) is 2.93. The highest BCUT2D eigenvalue weighted by Crippen LogP contribution is 2.26. The molecule has 1 N–H and O–H groups in total. The first-order chi connectivity index (χ1) is 9.17. The van der Waals surface area contributed by atoms with Crippen molar-refractivity contribution in [2.75, 3.05) is 26.9 Å². The number of nitrogens with one attached hydrogen (secondary N) is 1. The van der Waals surface area contributed by atoms with E-state index in [-0.39, 0.29) is 23.3 Å². The van der Waals surface area contributed by atoms with Crippen LogP contribution in [0, 0.1) is 11.7 Å². The number of carbonyl (C=O) groups is 1. The smallest absolute Gasteiger partial charge is 0.173 e. The van der Waals surface area contributed by atoms with Crippen LogP contribution in [0.25, 0.3) is 0 Å². The van der Waals surface area contributed by atoms with Gasteiger partial charge in [-0.05, 0) is 24.7 Å². The number of halogens is 1. The fourth-order valence-electron chi connectivity index (χ4n) is 2.35. The minimum Gasteiger partial charge on any atom is -0.496 e. The van der Waals surface area contributed by atoms with Gasteiger partial charge >= 0.3 is 0 Å². The van der Waals surface area contributed by atoms with Crippen LogP contribution in [-0.2, 0) is 4.74 Å². The fourth-order valence-corrected chi connectivity index (χ4v) is 2.35. The zero-order valence-corrected chi connectivity index (χ0v) is 11.1. The summed E-state index contributed by atoms with van der Waals surface area (Å²) in [5, 5.41) is 3.22. The van der Waals surface area contributed by atoms with E-state index in [1.54, 1.807) is 0 Å². The monoisotopic (exact) mass is 267 g/mol. The third-order valence-electron chi connectivity index (χ3n) is 3.31. The van der Waals surface area contributed by atoms with E-state index in [0.29, 0.717) is 19.0 Å². The molecule has 104 valence electrons. The fraction of sp³-hybridized carbons (Fsp3) is 0.500. The van der Waals surface area contributed by atoms with Gasteiger partial charge in [-0.2, -0.15) is 0 Å². The van der Waals surface area contributed by atoms with Crippen LogP contribution >= 0.6 is 0 Å². The number of hydrogen-bond acceptors (Lipinski definition) is 4. The average Bonchev–Trinajstić information content (AvgIpc) is 2.86. The van der Waals surface area contributed by atoms with Gasteiger partial charge in [-0.1, -0.05) is 6.92 Å². The normalized spacial score (nSPS) is 22.5. The van der Waals surface area contributed by atoms with E-state index in [9.17, 15) is 9.18 Å². The van der Waals surface area contributed by atoms with E-state index in [1.807, 2.05) is 6.92 Å². The highest BCUT2D eigenvalue weighted by Gasteiger charge is 2.35. The molecule has 0 aliphatic carbocycles. The summed E-state index contributed by atoms with van der Waals surface area (Å²) in [4.78, 5) is 12.5. The number of Topliss-reactive ketones (excluding diaryl/α,β-unsaturated/α-hetero) is 1. The first-order valence-electron chi connectivity index (χ1n) is 6.36. The summed E-state index contributed by atoms with van der Waals surface area (Å²) in [7, 11) is 1.47. The van der Waals surface area contributed by atoms with Crippen molar-refractivity contribution in [2.45, 2.75) is 13.0 Å². The molecule has 1 aromatic rings. The molecule has 0 bridgehead atoms. The molecule has 0 spiro atoms. The van der Waals surface area contributed by atoms with Crippen molar-refractivity contribution >= 4 is 5.78 Å². The number of ether oxygens (including phenoxy) is 2. The predicted octanol–water partition coefficient (Wildman–Crippen LogP) is 1.64. The minimum absolute atomic E-state index is 0.0227. The molecular formula is C14H18FNO3.